The Labute approximate surface area is 103 Å². The third-order valence-corrected chi connectivity index (χ3v) is 3.08. The molecule has 1 aromatic carbocycles. The Morgan fingerprint density at radius 1 is 1.31 bits per heavy atom. The fourth-order valence-corrected chi connectivity index (χ4v) is 1.73. The van der Waals surface area contributed by atoms with Crippen molar-refractivity contribution in [3.8, 4) is 0 Å². The summed E-state index contributed by atoms with van der Waals surface area (Å²) in [7, 11) is 0. The van der Waals surface area contributed by atoms with Gasteiger partial charge in [0.15, 0.2) is 5.78 Å². The summed E-state index contributed by atoms with van der Waals surface area (Å²) in [6, 6.07) is 6.68. The number of hydrogen-bond donors (Lipinski definition) is 2. The summed E-state index contributed by atoms with van der Waals surface area (Å²) in [6.45, 7) is 1.81. The minimum Gasteiger partial charge on any atom is -0.389 e. The molecule has 0 amide bonds. The number of ketones is 1. The van der Waals surface area contributed by atoms with E-state index in [0.29, 0.717) is 22.9 Å². The van der Waals surface area contributed by atoms with Gasteiger partial charge in [0.05, 0.1) is 6.10 Å². The summed E-state index contributed by atoms with van der Waals surface area (Å²) in [5, 5.41) is 19.5. The van der Waals surface area contributed by atoms with Gasteiger partial charge in [-0.05, 0) is 5.56 Å². The summed E-state index contributed by atoms with van der Waals surface area (Å²) < 4.78 is 0. The van der Waals surface area contributed by atoms with Gasteiger partial charge in [0, 0.05) is 17.3 Å². The molecule has 2 atom stereocenters. The van der Waals surface area contributed by atoms with E-state index in [1.807, 2.05) is 0 Å². The molecule has 0 aromatic heterocycles. The summed E-state index contributed by atoms with van der Waals surface area (Å²) in [5.41, 5.74) is 1.24. The molecular weight excluding hydrogens is 272 g/mol. The Hall–Kier alpha value is -0.710. The van der Waals surface area contributed by atoms with Gasteiger partial charge < -0.3 is 10.2 Å². The molecule has 0 aliphatic heterocycles. The van der Waals surface area contributed by atoms with E-state index in [1.165, 1.54) is 0 Å². The van der Waals surface area contributed by atoms with Gasteiger partial charge in [-0.25, -0.2) is 0 Å². The van der Waals surface area contributed by atoms with Crippen LogP contribution in [0.25, 0.3) is 0 Å². The number of hydrogen-bond acceptors (Lipinski definition) is 3. The fourth-order valence-electron chi connectivity index (χ4n) is 1.38. The van der Waals surface area contributed by atoms with Gasteiger partial charge in [0.25, 0.3) is 0 Å². The van der Waals surface area contributed by atoms with Crippen LogP contribution in [0.15, 0.2) is 24.3 Å². The molecule has 2 unspecified atom stereocenters. The predicted octanol–water partition coefficient (Wildman–Crippen LogP) is 2.07. The zero-order valence-corrected chi connectivity index (χ0v) is 10.6. The maximum Gasteiger partial charge on any atom is 0.162 e. The van der Waals surface area contributed by atoms with Gasteiger partial charge in [0.2, 0.25) is 0 Å². The van der Waals surface area contributed by atoms with Crippen LogP contribution in [0.4, 0.5) is 0 Å². The van der Waals surface area contributed by atoms with Crippen LogP contribution < -0.4 is 0 Å². The van der Waals surface area contributed by atoms with Crippen molar-refractivity contribution in [2.45, 2.75) is 25.6 Å². The molecule has 16 heavy (non-hydrogen) atoms. The van der Waals surface area contributed by atoms with E-state index < -0.39 is 12.2 Å². The Kier molecular flexibility index (Phi) is 5.12. The molecule has 3 nitrogen and oxygen atoms in total. The molecular formula is C12H15BrO3. The second-order valence-corrected chi connectivity index (χ2v) is 4.21. The van der Waals surface area contributed by atoms with E-state index in [1.54, 1.807) is 31.2 Å². The standard InChI is InChI=1S/C12H15BrO3/c1-2-10(14)8-3-5-9(6-4-8)12(16)11(15)7-13/h3-6,11-12,15-16H,2,7H2,1H3. The number of halogens is 1. The highest BCUT2D eigenvalue weighted by molar-refractivity contribution is 9.09. The molecule has 0 heterocycles. The second kappa shape index (κ2) is 6.13. The van der Waals surface area contributed by atoms with Crippen molar-refractivity contribution in [3.63, 3.8) is 0 Å². The molecule has 0 aliphatic rings. The van der Waals surface area contributed by atoms with Crippen molar-refractivity contribution in [3.05, 3.63) is 35.4 Å². The van der Waals surface area contributed by atoms with Gasteiger partial charge in [0.1, 0.15) is 6.10 Å². The minimum atomic E-state index is -0.926. The van der Waals surface area contributed by atoms with Gasteiger partial charge in [-0.1, -0.05) is 47.1 Å². The number of benzene rings is 1. The van der Waals surface area contributed by atoms with Crippen molar-refractivity contribution in [2.75, 3.05) is 5.33 Å². The molecule has 0 spiro atoms. The normalized spacial score (nSPS) is 14.5. The highest BCUT2D eigenvalue weighted by Gasteiger charge is 2.17. The Balaban J connectivity index is 2.82. The summed E-state index contributed by atoms with van der Waals surface area (Å²) in [6.07, 6.45) is -1.30. The smallest absolute Gasteiger partial charge is 0.162 e. The number of Topliss-reactive ketones (excluding diaryl/α,β-unsaturated/α-hetero) is 1. The minimum absolute atomic E-state index is 0.0714. The van der Waals surface area contributed by atoms with Crippen molar-refractivity contribution in [2.24, 2.45) is 0 Å². The van der Waals surface area contributed by atoms with Crippen molar-refractivity contribution < 1.29 is 15.0 Å². The quantitative estimate of drug-likeness (QED) is 0.644. The molecule has 0 saturated heterocycles. The Bertz CT molecular complexity index is 348. The predicted molar refractivity (Wildman–Crippen MR) is 65.8 cm³/mol. The number of rotatable bonds is 5. The van der Waals surface area contributed by atoms with E-state index in [0.717, 1.165) is 0 Å². The lowest BCUT2D eigenvalue weighted by Gasteiger charge is -2.15. The number of aliphatic hydroxyl groups is 2. The van der Waals surface area contributed by atoms with Crippen LogP contribution in [0.5, 0.6) is 0 Å². The molecule has 0 fully saturated rings. The van der Waals surface area contributed by atoms with Gasteiger partial charge >= 0.3 is 0 Å². The van der Waals surface area contributed by atoms with Crippen LogP contribution in [0.2, 0.25) is 0 Å². The van der Waals surface area contributed by atoms with Crippen molar-refractivity contribution in [1.82, 2.24) is 0 Å². The average molecular weight is 287 g/mol. The van der Waals surface area contributed by atoms with E-state index in [-0.39, 0.29) is 5.78 Å². The summed E-state index contributed by atoms with van der Waals surface area (Å²) in [4.78, 5) is 11.4. The lowest BCUT2D eigenvalue weighted by atomic mass is 10.0. The molecule has 2 N–H and O–H groups in total. The zero-order chi connectivity index (χ0) is 12.1. The topological polar surface area (TPSA) is 57.5 Å². The van der Waals surface area contributed by atoms with Crippen LogP contribution in [0.3, 0.4) is 0 Å². The van der Waals surface area contributed by atoms with Crippen LogP contribution in [0.1, 0.15) is 35.4 Å². The largest absolute Gasteiger partial charge is 0.389 e. The average Bonchev–Trinajstić information content (AvgIpc) is 2.36. The van der Waals surface area contributed by atoms with E-state index in [9.17, 15) is 15.0 Å². The fraction of sp³-hybridized carbons (Fsp3) is 0.417. The third kappa shape index (κ3) is 3.14. The van der Waals surface area contributed by atoms with Gasteiger partial charge in [-0.2, -0.15) is 0 Å². The lowest BCUT2D eigenvalue weighted by molar-refractivity contribution is 0.0342. The van der Waals surface area contributed by atoms with Crippen LogP contribution in [-0.2, 0) is 0 Å². The first-order valence-electron chi connectivity index (χ1n) is 5.15. The number of alkyl halides is 1. The maximum atomic E-state index is 11.4. The molecule has 0 bridgehead atoms. The zero-order valence-electron chi connectivity index (χ0n) is 9.06. The van der Waals surface area contributed by atoms with E-state index in [4.69, 9.17) is 0 Å². The summed E-state index contributed by atoms with van der Waals surface area (Å²) >= 11 is 3.10. The second-order valence-electron chi connectivity index (χ2n) is 3.57. The molecule has 88 valence electrons. The molecule has 0 saturated carbocycles. The molecule has 4 heteroatoms. The highest BCUT2D eigenvalue weighted by atomic mass is 79.9. The monoisotopic (exact) mass is 286 g/mol. The molecule has 1 rings (SSSR count). The molecule has 1 aromatic rings. The van der Waals surface area contributed by atoms with Gasteiger partial charge in [-0.15, -0.1) is 0 Å². The molecule has 0 radical (unpaired) electrons. The van der Waals surface area contributed by atoms with Gasteiger partial charge in [-0.3, -0.25) is 4.79 Å². The van der Waals surface area contributed by atoms with Crippen molar-refractivity contribution >= 4 is 21.7 Å². The number of carbonyl (C=O) groups is 1. The maximum absolute atomic E-state index is 11.4. The lowest BCUT2D eigenvalue weighted by Crippen LogP contribution is -2.19. The first-order valence-corrected chi connectivity index (χ1v) is 6.27. The SMILES string of the molecule is CCC(=O)c1ccc(C(O)C(O)CBr)cc1. The van der Waals surface area contributed by atoms with Crippen LogP contribution >= 0.6 is 15.9 Å². The molecule has 0 aliphatic carbocycles. The third-order valence-electron chi connectivity index (χ3n) is 2.42. The van der Waals surface area contributed by atoms with E-state index >= 15 is 0 Å². The van der Waals surface area contributed by atoms with Crippen LogP contribution in [0, 0.1) is 0 Å². The number of carbonyl (C=O) groups excluding carboxylic acids is 1. The van der Waals surface area contributed by atoms with Crippen LogP contribution in [-0.4, -0.2) is 27.4 Å². The number of aliphatic hydroxyl groups excluding tert-OH is 2. The highest BCUT2D eigenvalue weighted by Crippen LogP contribution is 2.19. The first-order chi connectivity index (χ1) is 7.60. The first kappa shape index (κ1) is 13.4. The Morgan fingerprint density at radius 3 is 2.31 bits per heavy atom. The van der Waals surface area contributed by atoms with Crippen molar-refractivity contribution in [1.29, 1.82) is 0 Å². The summed E-state index contributed by atoms with van der Waals surface area (Å²) in [5.74, 6) is 0.0714. The van der Waals surface area contributed by atoms with E-state index in [2.05, 4.69) is 15.9 Å². The Morgan fingerprint density at radius 2 is 1.88 bits per heavy atom.